The van der Waals surface area contributed by atoms with Gasteiger partial charge in [0.1, 0.15) is 11.3 Å². The number of anilines is 1. The number of nitrogens with zero attached hydrogens (tertiary/aromatic N) is 4. The standard InChI is InChI=1S/C30H29FN6O3/c31-26-15-24(36-14-12-27(38)33-30(36)40)11-8-21(26)17-35-13-2-4-20(16-35)19-6-9-23(10-7-19)37-18-22-3-1-5-25(29(32)39)28(22)34-37/h1,3,5-11,15,18,20H,2,4,12-14,16-17H2,(H2,32,39)(H,33,38,40)/t20-/m1/s1. The molecular weight excluding hydrogens is 511 g/mol. The molecule has 2 aliphatic rings. The van der Waals surface area contributed by atoms with Gasteiger partial charge < -0.3 is 5.73 Å². The molecule has 9 nitrogen and oxygen atoms in total. The summed E-state index contributed by atoms with van der Waals surface area (Å²) in [6, 6.07) is 17.9. The number of benzene rings is 3. The molecule has 3 N–H and O–H groups in total. The van der Waals surface area contributed by atoms with Crippen molar-refractivity contribution in [3.05, 3.63) is 89.4 Å². The first-order valence-electron chi connectivity index (χ1n) is 13.4. The summed E-state index contributed by atoms with van der Waals surface area (Å²) in [7, 11) is 0. The molecule has 0 unspecified atom stereocenters. The molecule has 2 fully saturated rings. The Labute approximate surface area is 230 Å². The molecule has 4 aromatic rings. The Hall–Kier alpha value is -4.57. The van der Waals surface area contributed by atoms with Gasteiger partial charge in [-0.25, -0.2) is 13.9 Å². The van der Waals surface area contributed by atoms with E-state index in [4.69, 9.17) is 5.73 Å². The van der Waals surface area contributed by atoms with Gasteiger partial charge in [0.25, 0.3) is 5.91 Å². The second kappa shape index (κ2) is 10.5. The number of nitrogens with two attached hydrogens (primary N) is 1. The highest BCUT2D eigenvalue weighted by atomic mass is 19.1. The number of amides is 4. The highest BCUT2D eigenvalue weighted by Gasteiger charge is 2.26. The average molecular weight is 541 g/mol. The third-order valence-corrected chi connectivity index (χ3v) is 7.73. The summed E-state index contributed by atoms with van der Waals surface area (Å²) >= 11 is 0. The maximum absolute atomic E-state index is 15.0. The first kappa shape index (κ1) is 25.7. The van der Waals surface area contributed by atoms with Gasteiger partial charge >= 0.3 is 6.03 Å². The molecule has 10 heteroatoms. The van der Waals surface area contributed by atoms with Crippen LogP contribution in [0.15, 0.2) is 66.9 Å². The number of likely N-dealkylation sites (tertiary alicyclic amines) is 1. The molecule has 0 saturated carbocycles. The van der Waals surface area contributed by atoms with Crippen LogP contribution >= 0.6 is 0 Å². The number of nitrogens with one attached hydrogen (secondary N) is 1. The van der Waals surface area contributed by atoms with E-state index in [2.05, 4.69) is 27.4 Å². The Morgan fingerprint density at radius 2 is 1.85 bits per heavy atom. The summed E-state index contributed by atoms with van der Waals surface area (Å²) in [4.78, 5) is 38.9. The number of piperidine rings is 1. The van der Waals surface area contributed by atoms with E-state index < -0.39 is 11.9 Å². The zero-order valence-corrected chi connectivity index (χ0v) is 21.8. The monoisotopic (exact) mass is 540 g/mol. The summed E-state index contributed by atoms with van der Waals surface area (Å²) in [6.45, 7) is 2.41. The van der Waals surface area contributed by atoms with E-state index in [0.29, 0.717) is 34.8 Å². The smallest absolute Gasteiger partial charge is 0.328 e. The van der Waals surface area contributed by atoms with Gasteiger partial charge in [-0.1, -0.05) is 30.3 Å². The fraction of sp³-hybridized carbons (Fsp3) is 0.267. The summed E-state index contributed by atoms with van der Waals surface area (Å²) < 4.78 is 16.8. The zero-order chi connectivity index (χ0) is 27.8. The van der Waals surface area contributed by atoms with E-state index in [-0.39, 0.29) is 24.7 Å². The van der Waals surface area contributed by atoms with Crippen molar-refractivity contribution in [1.29, 1.82) is 0 Å². The van der Waals surface area contributed by atoms with Gasteiger partial charge in [0.05, 0.1) is 11.3 Å². The van der Waals surface area contributed by atoms with Crippen LogP contribution in [0.1, 0.15) is 46.7 Å². The fourth-order valence-corrected chi connectivity index (χ4v) is 5.63. The predicted octanol–water partition coefficient (Wildman–Crippen LogP) is 4.09. The average Bonchev–Trinajstić information content (AvgIpc) is 3.39. The minimum atomic E-state index is -0.524. The van der Waals surface area contributed by atoms with E-state index in [9.17, 15) is 14.4 Å². The van der Waals surface area contributed by atoms with E-state index >= 15 is 4.39 Å². The number of imide groups is 1. The Morgan fingerprint density at radius 1 is 1.05 bits per heavy atom. The number of carbonyl (C=O) groups is 3. The lowest BCUT2D eigenvalue weighted by Gasteiger charge is -2.33. The molecule has 2 aliphatic heterocycles. The number of carbonyl (C=O) groups excluding carboxylic acids is 3. The summed E-state index contributed by atoms with van der Waals surface area (Å²) in [5, 5.41) is 7.70. The van der Waals surface area contributed by atoms with E-state index in [0.717, 1.165) is 37.0 Å². The van der Waals surface area contributed by atoms with Crippen molar-refractivity contribution in [2.45, 2.75) is 31.7 Å². The molecule has 0 aliphatic carbocycles. The van der Waals surface area contributed by atoms with Gasteiger partial charge in [-0.3, -0.25) is 24.7 Å². The predicted molar refractivity (Wildman–Crippen MR) is 149 cm³/mol. The summed E-state index contributed by atoms with van der Waals surface area (Å²) in [5.41, 5.74) is 9.60. The van der Waals surface area contributed by atoms with Crippen molar-refractivity contribution >= 4 is 34.4 Å². The van der Waals surface area contributed by atoms with Crippen LogP contribution in [0.25, 0.3) is 16.6 Å². The minimum absolute atomic E-state index is 0.195. The molecule has 0 bridgehead atoms. The molecule has 0 radical (unpaired) electrons. The van der Waals surface area contributed by atoms with Crippen LogP contribution in [0, 0.1) is 5.82 Å². The number of rotatable bonds is 6. The van der Waals surface area contributed by atoms with E-state index in [1.54, 1.807) is 28.9 Å². The zero-order valence-electron chi connectivity index (χ0n) is 21.8. The first-order valence-corrected chi connectivity index (χ1v) is 13.4. The highest BCUT2D eigenvalue weighted by molar-refractivity contribution is 6.06. The van der Waals surface area contributed by atoms with Gasteiger partial charge in [0.15, 0.2) is 0 Å². The van der Waals surface area contributed by atoms with Gasteiger partial charge in [-0.15, -0.1) is 0 Å². The SMILES string of the molecule is NC(=O)c1cccc2cn(-c3ccc([C@@H]4CCCN(Cc5ccc(N6CCC(=O)NC6=O)cc5F)C4)cc3)nc12. The molecule has 1 aromatic heterocycles. The lowest BCUT2D eigenvalue weighted by atomic mass is 9.90. The van der Waals surface area contributed by atoms with Gasteiger partial charge in [0.2, 0.25) is 5.91 Å². The number of hydrogen-bond acceptors (Lipinski definition) is 5. The summed E-state index contributed by atoms with van der Waals surface area (Å²) in [5.74, 6) is -0.866. The number of hydrogen-bond donors (Lipinski definition) is 2. The number of halogens is 1. The number of urea groups is 1. The molecule has 204 valence electrons. The molecule has 0 spiro atoms. The fourth-order valence-electron chi connectivity index (χ4n) is 5.63. The second-order valence-corrected chi connectivity index (χ2v) is 10.4. The maximum atomic E-state index is 15.0. The molecular formula is C30H29FN6O3. The number of primary amides is 1. The molecule has 2 saturated heterocycles. The Morgan fingerprint density at radius 3 is 2.60 bits per heavy atom. The molecule has 3 heterocycles. The Balaban J connectivity index is 1.13. The Bertz CT molecular complexity index is 1620. The molecule has 1 atom stereocenters. The Kier molecular flexibility index (Phi) is 6.77. The minimum Gasteiger partial charge on any atom is -0.366 e. The van der Waals surface area contributed by atoms with Crippen molar-refractivity contribution in [3.63, 3.8) is 0 Å². The second-order valence-electron chi connectivity index (χ2n) is 10.4. The molecule has 3 aromatic carbocycles. The number of aromatic nitrogens is 2. The van der Waals surface area contributed by atoms with Crippen molar-refractivity contribution in [3.8, 4) is 5.69 Å². The van der Waals surface area contributed by atoms with Crippen LogP contribution in [0.2, 0.25) is 0 Å². The van der Waals surface area contributed by atoms with Crippen molar-refractivity contribution in [2.75, 3.05) is 24.5 Å². The summed E-state index contributed by atoms with van der Waals surface area (Å²) in [6.07, 6.45) is 4.14. The van der Waals surface area contributed by atoms with Crippen LogP contribution in [-0.4, -0.2) is 52.2 Å². The van der Waals surface area contributed by atoms with Gasteiger partial charge in [-0.05, 0) is 61.2 Å². The topological polar surface area (TPSA) is 114 Å². The third-order valence-electron chi connectivity index (χ3n) is 7.73. The van der Waals surface area contributed by atoms with E-state index in [1.807, 2.05) is 24.4 Å². The normalized spacial score (nSPS) is 18.2. The molecule has 6 rings (SSSR count). The first-order chi connectivity index (χ1) is 19.4. The number of fused-ring (bicyclic) bond motifs is 1. The molecule has 4 amide bonds. The van der Waals surface area contributed by atoms with Crippen LogP contribution in [0.4, 0.5) is 14.9 Å². The van der Waals surface area contributed by atoms with Crippen LogP contribution in [0.3, 0.4) is 0 Å². The van der Waals surface area contributed by atoms with Crippen molar-refractivity contribution in [2.24, 2.45) is 5.73 Å². The lowest BCUT2D eigenvalue weighted by molar-refractivity contribution is -0.120. The van der Waals surface area contributed by atoms with E-state index in [1.165, 1.54) is 16.5 Å². The van der Waals surface area contributed by atoms with Gasteiger partial charge in [0, 0.05) is 48.9 Å². The van der Waals surface area contributed by atoms with Gasteiger partial charge in [-0.2, -0.15) is 5.10 Å². The quantitative estimate of drug-likeness (QED) is 0.383. The van der Waals surface area contributed by atoms with Crippen LogP contribution in [0.5, 0.6) is 0 Å². The highest BCUT2D eigenvalue weighted by Crippen LogP contribution is 2.30. The lowest BCUT2D eigenvalue weighted by Crippen LogP contribution is -2.49. The molecule has 40 heavy (non-hydrogen) atoms. The largest absolute Gasteiger partial charge is 0.366 e. The van der Waals surface area contributed by atoms with Crippen molar-refractivity contribution < 1.29 is 18.8 Å². The third kappa shape index (κ3) is 5.05. The van der Waals surface area contributed by atoms with Crippen LogP contribution in [-0.2, 0) is 11.3 Å². The maximum Gasteiger partial charge on any atom is 0.328 e. The van der Waals surface area contributed by atoms with Crippen LogP contribution < -0.4 is 16.0 Å². The van der Waals surface area contributed by atoms with Crippen molar-refractivity contribution in [1.82, 2.24) is 20.0 Å².